The lowest BCUT2D eigenvalue weighted by Crippen LogP contribution is -2.43. The minimum Gasteiger partial charge on any atom is -0.356 e. The predicted octanol–water partition coefficient (Wildman–Crippen LogP) is 3.65. The van der Waals surface area contributed by atoms with Crippen LogP contribution in [0.4, 0.5) is 0 Å². The fourth-order valence-electron chi connectivity index (χ4n) is 4.54. The van der Waals surface area contributed by atoms with Gasteiger partial charge in [-0.05, 0) is 57.5 Å². The van der Waals surface area contributed by atoms with E-state index in [1.807, 2.05) is 6.92 Å². The molecule has 0 amide bonds. The minimum absolute atomic E-state index is 0.349. The van der Waals surface area contributed by atoms with Crippen LogP contribution in [0.25, 0.3) is 11.0 Å². The van der Waals surface area contributed by atoms with Gasteiger partial charge in [0, 0.05) is 16.8 Å². The maximum absolute atomic E-state index is 5.49. The van der Waals surface area contributed by atoms with Gasteiger partial charge in [0.15, 0.2) is 5.58 Å². The third-order valence-electron chi connectivity index (χ3n) is 5.66. The first-order chi connectivity index (χ1) is 9.71. The molecule has 0 bridgehead atoms. The quantitative estimate of drug-likeness (QED) is 0.792. The van der Waals surface area contributed by atoms with E-state index in [4.69, 9.17) is 4.52 Å². The lowest BCUT2D eigenvalue weighted by Gasteiger charge is -2.41. The Hall–Kier alpha value is -1.35. The monoisotopic (exact) mass is 270 g/mol. The summed E-state index contributed by atoms with van der Waals surface area (Å²) < 4.78 is 5.49. The van der Waals surface area contributed by atoms with Gasteiger partial charge in [0.2, 0.25) is 0 Å². The molecule has 20 heavy (non-hydrogen) atoms. The van der Waals surface area contributed by atoms with E-state index in [9.17, 15) is 0 Å². The van der Waals surface area contributed by atoms with Gasteiger partial charge in [-0.1, -0.05) is 24.1 Å². The third-order valence-corrected chi connectivity index (χ3v) is 5.66. The smallest absolute Gasteiger partial charge is 0.167 e. The molecule has 3 heteroatoms. The van der Waals surface area contributed by atoms with Gasteiger partial charge < -0.3 is 9.42 Å². The lowest BCUT2D eigenvalue weighted by molar-refractivity contribution is 0.182. The number of likely N-dealkylation sites (N-methyl/N-ethyl adjacent to an activating group) is 1. The molecule has 1 saturated heterocycles. The van der Waals surface area contributed by atoms with Crippen molar-refractivity contribution in [1.29, 1.82) is 0 Å². The van der Waals surface area contributed by atoms with Crippen molar-refractivity contribution < 1.29 is 4.52 Å². The molecule has 1 aliphatic carbocycles. The molecule has 2 heterocycles. The predicted molar refractivity (Wildman–Crippen MR) is 79.9 cm³/mol. The first-order valence-corrected chi connectivity index (χ1v) is 7.77. The Kier molecular flexibility index (Phi) is 2.68. The van der Waals surface area contributed by atoms with Crippen LogP contribution in [0.3, 0.4) is 0 Å². The average molecular weight is 270 g/mol. The number of hydrogen-bond donors (Lipinski definition) is 0. The molecule has 2 aromatic rings. The summed E-state index contributed by atoms with van der Waals surface area (Å²) in [5.74, 6) is 0. The standard InChI is InChI=1S/C17H22N2O/c1-12-14-7-6-13(11-15(14)20-18-12)17-8-4-3-5-16(17)19(2)10-9-17/h6-7,11,16H,3-5,8-10H2,1-2H3. The van der Waals surface area contributed by atoms with Gasteiger partial charge in [-0.25, -0.2) is 0 Å². The first kappa shape index (κ1) is 12.4. The molecule has 2 aliphatic rings. The number of likely N-dealkylation sites (tertiary alicyclic amines) is 1. The van der Waals surface area contributed by atoms with E-state index in [-0.39, 0.29) is 0 Å². The highest BCUT2D eigenvalue weighted by atomic mass is 16.5. The van der Waals surface area contributed by atoms with E-state index in [1.54, 1.807) is 0 Å². The van der Waals surface area contributed by atoms with E-state index in [0.717, 1.165) is 16.7 Å². The van der Waals surface area contributed by atoms with Gasteiger partial charge in [-0.3, -0.25) is 0 Å². The Morgan fingerprint density at radius 3 is 3.10 bits per heavy atom. The van der Waals surface area contributed by atoms with Crippen LogP contribution < -0.4 is 0 Å². The van der Waals surface area contributed by atoms with E-state index in [0.29, 0.717) is 11.5 Å². The molecule has 2 fully saturated rings. The molecule has 1 aliphatic heterocycles. The summed E-state index contributed by atoms with van der Waals surface area (Å²) in [4.78, 5) is 2.56. The van der Waals surface area contributed by atoms with Gasteiger partial charge in [0.05, 0.1) is 5.69 Å². The fraction of sp³-hybridized carbons (Fsp3) is 0.588. The number of nitrogens with zero attached hydrogens (tertiary/aromatic N) is 2. The van der Waals surface area contributed by atoms with E-state index in [2.05, 4.69) is 35.3 Å². The van der Waals surface area contributed by atoms with Gasteiger partial charge in [-0.2, -0.15) is 0 Å². The van der Waals surface area contributed by atoms with Crippen molar-refractivity contribution in [1.82, 2.24) is 10.1 Å². The number of aromatic nitrogens is 1. The minimum atomic E-state index is 0.349. The van der Waals surface area contributed by atoms with Crippen LogP contribution in [-0.4, -0.2) is 29.7 Å². The van der Waals surface area contributed by atoms with Gasteiger partial charge in [0.25, 0.3) is 0 Å². The Morgan fingerprint density at radius 1 is 1.30 bits per heavy atom. The van der Waals surface area contributed by atoms with Crippen molar-refractivity contribution in [3.05, 3.63) is 29.5 Å². The fourth-order valence-corrected chi connectivity index (χ4v) is 4.54. The molecule has 1 saturated carbocycles. The van der Waals surface area contributed by atoms with Crippen LogP contribution in [0, 0.1) is 6.92 Å². The van der Waals surface area contributed by atoms with Crippen molar-refractivity contribution in [3.63, 3.8) is 0 Å². The largest absolute Gasteiger partial charge is 0.356 e. The second kappa shape index (κ2) is 4.32. The molecule has 4 rings (SSSR count). The summed E-state index contributed by atoms with van der Waals surface area (Å²) >= 11 is 0. The Labute approximate surface area is 119 Å². The van der Waals surface area contributed by atoms with Crippen molar-refractivity contribution in [2.24, 2.45) is 0 Å². The van der Waals surface area contributed by atoms with Crippen molar-refractivity contribution in [3.8, 4) is 0 Å². The van der Waals surface area contributed by atoms with Gasteiger partial charge in [-0.15, -0.1) is 0 Å². The summed E-state index contributed by atoms with van der Waals surface area (Å²) in [6.45, 7) is 3.23. The van der Waals surface area contributed by atoms with Gasteiger partial charge in [0.1, 0.15) is 0 Å². The maximum Gasteiger partial charge on any atom is 0.167 e. The average Bonchev–Trinajstić information content (AvgIpc) is 3.02. The molecule has 106 valence electrons. The van der Waals surface area contributed by atoms with Crippen molar-refractivity contribution in [2.75, 3.05) is 13.6 Å². The first-order valence-electron chi connectivity index (χ1n) is 7.77. The highest BCUT2D eigenvalue weighted by Crippen LogP contribution is 2.48. The van der Waals surface area contributed by atoms with Crippen molar-refractivity contribution >= 4 is 11.0 Å². The highest BCUT2D eigenvalue weighted by Gasteiger charge is 2.48. The molecule has 0 spiro atoms. The Morgan fingerprint density at radius 2 is 2.20 bits per heavy atom. The molecular weight excluding hydrogens is 248 g/mol. The molecule has 0 radical (unpaired) electrons. The third kappa shape index (κ3) is 1.59. The number of aryl methyl sites for hydroxylation is 1. The summed E-state index contributed by atoms with van der Waals surface area (Å²) in [6.07, 6.45) is 6.68. The number of hydrogen-bond acceptors (Lipinski definition) is 3. The summed E-state index contributed by atoms with van der Waals surface area (Å²) in [5.41, 5.74) is 3.76. The van der Waals surface area contributed by atoms with Crippen LogP contribution in [0.15, 0.2) is 22.7 Å². The summed E-state index contributed by atoms with van der Waals surface area (Å²) in [7, 11) is 2.29. The van der Waals surface area contributed by atoms with Crippen LogP contribution >= 0.6 is 0 Å². The number of fused-ring (bicyclic) bond motifs is 2. The zero-order valence-electron chi connectivity index (χ0n) is 12.4. The molecule has 2 atom stereocenters. The van der Waals surface area contributed by atoms with E-state index in [1.165, 1.54) is 44.2 Å². The second-order valence-corrected chi connectivity index (χ2v) is 6.63. The molecular formula is C17H22N2O. The van der Waals surface area contributed by atoms with E-state index >= 15 is 0 Å². The van der Waals surface area contributed by atoms with Crippen molar-refractivity contribution in [2.45, 2.75) is 50.5 Å². The number of rotatable bonds is 1. The molecule has 3 nitrogen and oxygen atoms in total. The van der Waals surface area contributed by atoms with Crippen LogP contribution in [0.5, 0.6) is 0 Å². The molecule has 1 aromatic heterocycles. The molecule has 0 N–H and O–H groups in total. The van der Waals surface area contributed by atoms with Crippen LogP contribution in [0.2, 0.25) is 0 Å². The summed E-state index contributed by atoms with van der Waals surface area (Å²) in [6, 6.07) is 7.49. The maximum atomic E-state index is 5.49. The van der Waals surface area contributed by atoms with E-state index < -0.39 is 0 Å². The summed E-state index contributed by atoms with van der Waals surface area (Å²) in [5, 5.41) is 5.25. The molecule has 2 unspecified atom stereocenters. The molecule has 1 aromatic carbocycles. The van der Waals surface area contributed by atoms with Crippen LogP contribution in [0.1, 0.15) is 43.4 Å². The zero-order valence-corrected chi connectivity index (χ0v) is 12.4. The number of benzene rings is 1. The normalized spacial score (nSPS) is 30.8. The lowest BCUT2D eigenvalue weighted by atomic mass is 9.66. The topological polar surface area (TPSA) is 29.3 Å². The van der Waals surface area contributed by atoms with Crippen LogP contribution in [-0.2, 0) is 5.41 Å². The Balaban J connectivity index is 1.83. The second-order valence-electron chi connectivity index (χ2n) is 6.63. The zero-order chi connectivity index (χ0) is 13.7. The van der Waals surface area contributed by atoms with Gasteiger partial charge >= 0.3 is 0 Å². The highest BCUT2D eigenvalue weighted by molar-refractivity contribution is 5.80. The SMILES string of the molecule is Cc1noc2cc(C34CCCCC3N(C)CC4)ccc12. The Bertz CT molecular complexity index is 643.